The summed E-state index contributed by atoms with van der Waals surface area (Å²) in [6.45, 7) is -0.162. The molecule has 6 nitrogen and oxygen atoms in total. The Hall–Kier alpha value is -2.63. The van der Waals surface area contributed by atoms with Gasteiger partial charge in [0.15, 0.2) is 5.13 Å². The molecule has 0 saturated carbocycles. The number of aromatic nitrogens is 1. The zero-order chi connectivity index (χ0) is 21.9. The number of nitrogens with one attached hydrogen (secondary N) is 2. The fraction of sp³-hybridized carbons (Fsp3) is 0.111. The lowest BCUT2D eigenvalue weighted by atomic mass is 10.1. The molecule has 3 rings (SSSR count). The van der Waals surface area contributed by atoms with Crippen molar-refractivity contribution in [3.63, 3.8) is 0 Å². The maximum Gasteiger partial charge on any atom is 0.417 e. The van der Waals surface area contributed by atoms with Crippen LogP contribution >= 0.6 is 22.9 Å². The van der Waals surface area contributed by atoms with Crippen molar-refractivity contribution in [1.29, 1.82) is 0 Å². The monoisotopic (exact) mass is 475 g/mol. The minimum absolute atomic E-state index is 0.0678. The van der Waals surface area contributed by atoms with Crippen molar-refractivity contribution in [3.8, 4) is 0 Å². The van der Waals surface area contributed by atoms with Crippen LogP contribution in [0.5, 0.6) is 0 Å². The molecule has 0 aliphatic carbocycles. The molecule has 1 amide bonds. The van der Waals surface area contributed by atoms with Crippen molar-refractivity contribution in [1.82, 2.24) is 10.3 Å². The number of hydrogen-bond donors (Lipinski definition) is 2. The predicted molar refractivity (Wildman–Crippen MR) is 107 cm³/mol. The summed E-state index contributed by atoms with van der Waals surface area (Å²) in [7, 11) is -3.86. The molecule has 2 aromatic carbocycles. The minimum atomic E-state index is -4.61. The van der Waals surface area contributed by atoms with Gasteiger partial charge in [0, 0.05) is 23.7 Å². The molecule has 0 atom stereocenters. The standard InChI is InChI=1S/C18H13ClF3N3O3S2/c19-15-6-1-11(9-14(15)18(20,21)22)10-24-16(26)12-2-4-13(5-3-12)30(27,28)25-17-23-7-8-29-17/h1-9H,10H2,(H,23,25)(H,24,26). The van der Waals surface area contributed by atoms with Gasteiger partial charge in [-0.1, -0.05) is 17.7 Å². The highest BCUT2D eigenvalue weighted by Crippen LogP contribution is 2.35. The lowest BCUT2D eigenvalue weighted by molar-refractivity contribution is -0.137. The van der Waals surface area contributed by atoms with E-state index in [1.54, 1.807) is 5.38 Å². The summed E-state index contributed by atoms with van der Waals surface area (Å²) in [5, 5.41) is 3.88. The van der Waals surface area contributed by atoms with E-state index < -0.39 is 32.7 Å². The van der Waals surface area contributed by atoms with Gasteiger partial charge in [0.1, 0.15) is 0 Å². The molecule has 12 heteroatoms. The summed E-state index contributed by atoms with van der Waals surface area (Å²) >= 11 is 6.69. The first-order valence-electron chi connectivity index (χ1n) is 8.22. The number of benzene rings is 2. The van der Waals surface area contributed by atoms with Gasteiger partial charge in [0.05, 0.1) is 15.5 Å². The quantitative estimate of drug-likeness (QED) is 0.547. The maximum absolute atomic E-state index is 12.9. The van der Waals surface area contributed by atoms with Gasteiger partial charge in [-0.3, -0.25) is 9.52 Å². The van der Waals surface area contributed by atoms with Crippen LogP contribution in [0.1, 0.15) is 21.5 Å². The molecule has 0 aliphatic rings. The number of anilines is 1. The summed E-state index contributed by atoms with van der Waals surface area (Å²) in [5.74, 6) is -0.574. The van der Waals surface area contributed by atoms with Crippen molar-refractivity contribution in [2.24, 2.45) is 0 Å². The average Bonchev–Trinajstić information content (AvgIpc) is 3.18. The number of halogens is 4. The first-order valence-corrected chi connectivity index (χ1v) is 11.0. The lowest BCUT2D eigenvalue weighted by Gasteiger charge is -2.12. The molecule has 0 spiro atoms. The Morgan fingerprint density at radius 2 is 1.83 bits per heavy atom. The molecule has 158 valence electrons. The number of hydrogen-bond acceptors (Lipinski definition) is 5. The van der Waals surface area contributed by atoms with Crippen LogP contribution in [0.3, 0.4) is 0 Å². The molecule has 1 aromatic heterocycles. The molecule has 0 bridgehead atoms. The van der Waals surface area contributed by atoms with E-state index in [1.165, 1.54) is 36.5 Å². The summed E-state index contributed by atoms with van der Waals surface area (Å²) in [6.07, 6.45) is -3.15. The number of sulfonamides is 1. The molecule has 1 heterocycles. The fourth-order valence-electron chi connectivity index (χ4n) is 2.42. The second-order valence-corrected chi connectivity index (χ2v) is 8.95. The van der Waals surface area contributed by atoms with Crippen LogP contribution < -0.4 is 10.0 Å². The molecule has 2 N–H and O–H groups in total. The van der Waals surface area contributed by atoms with Crippen molar-refractivity contribution >= 4 is 44.0 Å². The zero-order valence-electron chi connectivity index (χ0n) is 14.9. The Bertz CT molecular complexity index is 1150. The third-order valence-electron chi connectivity index (χ3n) is 3.87. The smallest absolute Gasteiger partial charge is 0.348 e. The second-order valence-electron chi connectivity index (χ2n) is 5.96. The van der Waals surface area contributed by atoms with Gasteiger partial charge in [-0.2, -0.15) is 13.2 Å². The predicted octanol–water partition coefficient (Wildman–Crippen LogP) is 4.55. The Morgan fingerprint density at radius 1 is 1.13 bits per heavy atom. The van der Waals surface area contributed by atoms with Gasteiger partial charge in [0.2, 0.25) is 0 Å². The van der Waals surface area contributed by atoms with E-state index in [2.05, 4.69) is 15.0 Å². The van der Waals surface area contributed by atoms with Crippen LogP contribution in [0.25, 0.3) is 0 Å². The summed E-state index contributed by atoms with van der Waals surface area (Å²) in [4.78, 5) is 16.0. The van der Waals surface area contributed by atoms with Gasteiger partial charge in [-0.25, -0.2) is 13.4 Å². The fourth-order valence-corrected chi connectivity index (χ4v) is 4.43. The van der Waals surface area contributed by atoms with Gasteiger partial charge < -0.3 is 5.32 Å². The highest BCUT2D eigenvalue weighted by atomic mass is 35.5. The molecule has 0 saturated heterocycles. The highest BCUT2D eigenvalue weighted by Gasteiger charge is 2.33. The van der Waals surface area contributed by atoms with E-state index in [0.717, 1.165) is 23.5 Å². The number of amides is 1. The zero-order valence-corrected chi connectivity index (χ0v) is 17.3. The van der Waals surface area contributed by atoms with Crippen LogP contribution in [0.15, 0.2) is 58.9 Å². The number of alkyl halides is 3. The van der Waals surface area contributed by atoms with Crippen molar-refractivity contribution in [2.75, 3.05) is 4.72 Å². The second kappa shape index (κ2) is 8.62. The number of rotatable bonds is 6. The van der Waals surface area contributed by atoms with Crippen LogP contribution in [-0.4, -0.2) is 19.3 Å². The highest BCUT2D eigenvalue weighted by molar-refractivity contribution is 7.93. The van der Waals surface area contributed by atoms with E-state index in [4.69, 9.17) is 11.6 Å². The Labute approximate surface area is 178 Å². The molecule has 0 unspecified atom stereocenters. The number of nitrogens with zero attached hydrogens (tertiary/aromatic N) is 1. The molecule has 0 radical (unpaired) electrons. The summed E-state index contributed by atoms with van der Waals surface area (Å²) in [5.41, 5.74) is -0.627. The SMILES string of the molecule is O=C(NCc1ccc(Cl)c(C(F)(F)F)c1)c1ccc(S(=O)(=O)Nc2nccs2)cc1. The van der Waals surface area contributed by atoms with Crippen molar-refractivity contribution in [3.05, 3.63) is 75.8 Å². The maximum atomic E-state index is 12.9. The van der Waals surface area contributed by atoms with E-state index in [9.17, 15) is 26.4 Å². The van der Waals surface area contributed by atoms with Gasteiger partial charge >= 0.3 is 6.18 Å². The van der Waals surface area contributed by atoms with E-state index in [-0.39, 0.29) is 27.7 Å². The summed E-state index contributed by atoms with van der Waals surface area (Å²) in [6, 6.07) is 8.44. The number of carbonyl (C=O) groups excluding carboxylic acids is 1. The Morgan fingerprint density at radius 3 is 2.43 bits per heavy atom. The van der Waals surface area contributed by atoms with Crippen LogP contribution in [0, 0.1) is 0 Å². The first-order chi connectivity index (χ1) is 14.1. The van der Waals surface area contributed by atoms with Gasteiger partial charge in [0.25, 0.3) is 15.9 Å². The minimum Gasteiger partial charge on any atom is -0.348 e. The molecule has 0 fully saturated rings. The normalized spacial score (nSPS) is 11.9. The molecule has 30 heavy (non-hydrogen) atoms. The molecule has 0 aliphatic heterocycles. The van der Waals surface area contributed by atoms with E-state index in [1.807, 2.05) is 0 Å². The van der Waals surface area contributed by atoms with Crippen LogP contribution in [0.4, 0.5) is 18.3 Å². The largest absolute Gasteiger partial charge is 0.417 e. The first kappa shape index (κ1) is 22.1. The average molecular weight is 476 g/mol. The summed E-state index contributed by atoms with van der Waals surface area (Å²) < 4.78 is 65.6. The van der Waals surface area contributed by atoms with E-state index in [0.29, 0.717) is 0 Å². The lowest BCUT2D eigenvalue weighted by Crippen LogP contribution is -2.23. The van der Waals surface area contributed by atoms with Crippen LogP contribution in [0.2, 0.25) is 5.02 Å². The van der Waals surface area contributed by atoms with E-state index >= 15 is 0 Å². The Balaban J connectivity index is 1.67. The molecular weight excluding hydrogens is 463 g/mol. The Kier molecular flexibility index (Phi) is 6.34. The topological polar surface area (TPSA) is 88.2 Å². The number of thiazole rings is 1. The van der Waals surface area contributed by atoms with Gasteiger partial charge in [-0.15, -0.1) is 11.3 Å². The van der Waals surface area contributed by atoms with Crippen molar-refractivity contribution < 1.29 is 26.4 Å². The van der Waals surface area contributed by atoms with Gasteiger partial charge in [-0.05, 0) is 42.0 Å². The third-order valence-corrected chi connectivity index (χ3v) is 6.37. The molecular formula is C18H13ClF3N3O3S2. The number of carbonyl (C=O) groups is 1. The molecule has 3 aromatic rings. The van der Waals surface area contributed by atoms with Crippen molar-refractivity contribution in [2.45, 2.75) is 17.6 Å². The third kappa shape index (κ3) is 5.29. The van der Waals surface area contributed by atoms with Crippen LogP contribution in [-0.2, 0) is 22.7 Å².